The number of thiocarbonyl (C=S) groups is 1. The lowest BCUT2D eigenvalue weighted by Gasteiger charge is -2.11. The van der Waals surface area contributed by atoms with Gasteiger partial charge in [0.2, 0.25) is 5.91 Å². The molecule has 1 unspecified atom stereocenters. The molecule has 1 aliphatic rings. The zero-order chi connectivity index (χ0) is 13.8. The van der Waals surface area contributed by atoms with Crippen molar-refractivity contribution < 1.29 is 9.18 Å². The second-order valence-electron chi connectivity index (χ2n) is 4.39. The molecule has 0 aliphatic carbocycles. The van der Waals surface area contributed by atoms with Gasteiger partial charge in [0.1, 0.15) is 10.8 Å². The quantitative estimate of drug-likeness (QED) is 0.835. The molecule has 2 rings (SSSR count). The van der Waals surface area contributed by atoms with Crippen molar-refractivity contribution in [1.29, 1.82) is 0 Å². The fourth-order valence-electron chi connectivity index (χ4n) is 1.92. The molecule has 6 heteroatoms. The van der Waals surface area contributed by atoms with Crippen LogP contribution in [0.4, 0.5) is 4.39 Å². The molecule has 1 fully saturated rings. The SMILES string of the molecule is NC(=S)c1ccc(CNC(=O)C2CCCS2)c(F)c1. The lowest BCUT2D eigenvalue weighted by molar-refractivity contribution is -0.120. The Labute approximate surface area is 121 Å². The van der Waals surface area contributed by atoms with Gasteiger partial charge in [-0.3, -0.25) is 4.79 Å². The average Bonchev–Trinajstić information content (AvgIpc) is 2.90. The number of nitrogens with two attached hydrogens (primary N) is 1. The van der Waals surface area contributed by atoms with Gasteiger partial charge in [-0.2, -0.15) is 0 Å². The van der Waals surface area contributed by atoms with Crippen molar-refractivity contribution >= 4 is 34.9 Å². The molecule has 102 valence electrons. The second kappa shape index (κ2) is 6.34. The van der Waals surface area contributed by atoms with Crippen molar-refractivity contribution in [3.8, 4) is 0 Å². The van der Waals surface area contributed by atoms with Crippen LogP contribution in [0.15, 0.2) is 18.2 Å². The molecule has 1 heterocycles. The highest BCUT2D eigenvalue weighted by Crippen LogP contribution is 2.26. The van der Waals surface area contributed by atoms with Crippen molar-refractivity contribution in [1.82, 2.24) is 5.32 Å². The summed E-state index contributed by atoms with van der Waals surface area (Å²) in [4.78, 5) is 12.0. The molecule has 0 bridgehead atoms. The molecule has 19 heavy (non-hydrogen) atoms. The molecule has 1 aliphatic heterocycles. The monoisotopic (exact) mass is 298 g/mol. The van der Waals surface area contributed by atoms with E-state index in [1.165, 1.54) is 6.07 Å². The highest BCUT2D eigenvalue weighted by Gasteiger charge is 2.23. The first kappa shape index (κ1) is 14.3. The van der Waals surface area contributed by atoms with Crippen LogP contribution in [0, 0.1) is 5.82 Å². The summed E-state index contributed by atoms with van der Waals surface area (Å²) in [5.74, 6) is 0.611. The van der Waals surface area contributed by atoms with Crippen LogP contribution in [-0.4, -0.2) is 21.9 Å². The number of rotatable bonds is 4. The van der Waals surface area contributed by atoms with Gasteiger partial charge in [0, 0.05) is 17.7 Å². The van der Waals surface area contributed by atoms with Crippen molar-refractivity contribution in [3.05, 3.63) is 35.1 Å². The molecule has 3 N–H and O–H groups in total. The van der Waals surface area contributed by atoms with Gasteiger partial charge >= 0.3 is 0 Å². The summed E-state index contributed by atoms with van der Waals surface area (Å²) in [7, 11) is 0. The van der Waals surface area contributed by atoms with Gasteiger partial charge in [-0.15, -0.1) is 11.8 Å². The first-order chi connectivity index (χ1) is 9.08. The van der Waals surface area contributed by atoms with Gasteiger partial charge in [0.25, 0.3) is 0 Å². The van der Waals surface area contributed by atoms with Gasteiger partial charge in [-0.25, -0.2) is 4.39 Å². The summed E-state index contributed by atoms with van der Waals surface area (Å²) in [6.07, 6.45) is 1.97. The Hall–Kier alpha value is -1.14. The Morgan fingerprint density at radius 1 is 1.58 bits per heavy atom. The highest BCUT2D eigenvalue weighted by molar-refractivity contribution is 8.00. The summed E-state index contributed by atoms with van der Waals surface area (Å²) >= 11 is 6.44. The molecule has 0 radical (unpaired) electrons. The molecular formula is C13H15FN2OS2. The van der Waals surface area contributed by atoms with Crippen molar-refractivity contribution in [2.75, 3.05) is 5.75 Å². The number of nitrogens with one attached hydrogen (secondary N) is 1. The third-order valence-corrected chi connectivity index (χ3v) is 4.63. The van der Waals surface area contributed by atoms with Crippen LogP contribution >= 0.6 is 24.0 Å². The van der Waals surface area contributed by atoms with E-state index in [1.54, 1.807) is 23.9 Å². The van der Waals surface area contributed by atoms with E-state index in [1.807, 2.05) is 0 Å². The lowest BCUT2D eigenvalue weighted by Crippen LogP contribution is -2.31. The highest BCUT2D eigenvalue weighted by atomic mass is 32.2. The van der Waals surface area contributed by atoms with E-state index in [4.69, 9.17) is 18.0 Å². The minimum atomic E-state index is -0.398. The van der Waals surface area contributed by atoms with Crippen LogP contribution in [0.5, 0.6) is 0 Å². The van der Waals surface area contributed by atoms with Crippen molar-refractivity contribution in [2.45, 2.75) is 24.6 Å². The van der Waals surface area contributed by atoms with Crippen LogP contribution in [-0.2, 0) is 11.3 Å². The number of hydrogen-bond acceptors (Lipinski definition) is 3. The molecule has 0 spiro atoms. The summed E-state index contributed by atoms with van der Waals surface area (Å²) in [5.41, 5.74) is 6.37. The number of thioether (sulfide) groups is 1. The second-order valence-corrected chi connectivity index (χ2v) is 6.14. The Morgan fingerprint density at radius 2 is 2.37 bits per heavy atom. The first-order valence-corrected chi connectivity index (χ1v) is 7.51. The number of halogens is 1. The molecule has 1 aromatic rings. The summed E-state index contributed by atoms with van der Waals surface area (Å²) in [6, 6.07) is 4.57. The summed E-state index contributed by atoms with van der Waals surface area (Å²) in [6.45, 7) is 0.194. The Kier molecular flexibility index (Phi) is 4.76. The molecule has 3 nitrogen and oxygen atoms in total. The minimum absolute atomic E-state index is 0.0129. The van der Waals surface area contributed by atoms with Crippen LogP contribution in [0.1, 0.15) is 24.0 Å². The number of amides is 1. The predicted octanol–water partition coefficient (Wildman–Crippen LogP) is 1.97. The van der Waals surface area contributed by atoms with E-state index >= 15 is 0 Å². The molecule has 1 amide bonds. The van der Waals surface area contributed by atoms with Crippen LogP contribution in [0.2, 0.25) is 0 Å². The van der Waals surface area contributed by atoms with E-state index in [9.17, 15) is 9.18 Å². The van der Waals surface area contributed by atoms with E-state index in [2.05, 4.69) is 5.32 Å². The Balaban J connectivity index is 1.95. The van der Waals surface area contributed by atoms with Crippen LogP contribution < -0.4 is 11.1 Å². The third-order valence-electron chi connectivity index (χ3n) is 3.01. The van der Waals surface area contributed by atoms with Crippen LogP contribution in [0.3, 0.4) is 0 Å². The van der Waals surface area contributed by atoms with E-state index < -0.39 is 5.82 Å². The zero-order valence-corrected chi connectivity index (χ0v) is 12.0. The number of benzene rings is 1. The van der Waals surface area contributed by atoms with E-state index in [-0.39, 0.29) is 22.7 Å². The first-order valence-electron chi connectivity index (χ1n) is 6.05. The standard InChI is InChI=1S/C13H15FN2OS2/c14-10-6-8(12(15)18)3-4-9(10)7-16-13(17)11-2-1-5-19-11/h3-4,6,11H,1-2,5,7H2,(H2,15,18)(H,16,17). The van der Waals surface area contributed by atoms with Crippen molar-refractivity contribution in [3.63, 3.8) is 0 Å². The molecular weight excluding hydrogens is 283 g/mol. The largest absolute Gasteiger partial charge is 0.389 e. The number of carbonyl (C=O) groups is 1. The summed E-state index contributed by atoms with van der Waals surface area (Å²) in [5, 5.41) is 2.78. The van der Waals surface area contributed by atoms with Gasteiger partial charge < -0.3 is 11.1 Å². The predicted molar refractivity (Wildman–Crippen MR) is 79.6 cm³/mol. The normalized spacial score (nSPS) is 18.3. The van der Waals surface area contributed by atoms with Gasteiger partial charge in [-0.1, -0.05) is 24.4 Å². The third kappa shape index (κ3) is 3.67. The molecule has 0 aromatic heterocycles. The van der Waals surface area contributed by atoms with Gasteiger partial charge in [0.15, 0.2) is 0 Å². The molecule has 1 saturated heterocycles. The Morgan fingerprint density at radius 3 is 2.95 bits per heavy atom. The van der Waals surface area contributed by atoms with Gasteiger partial charge in [-0.05, 0) is 24.7 Å². The maximum Gasteiger partial charge on any atom is 0.233 e. The Bertz CT molecular complexity index is 501. The van der Waals surface area contributed by atoms with Crippen LogP contribution in [0.25, 0.3) is 0 Å². The van der Waals surface area contributed by atoms with Crippen molar-refractivity contribution in [2.24, 2.45) is 5.73 Å². The fraction of sp³-hybridized carbons (Fsp3) is 0.385. The zero-order valence-electron chi connectivity index (χ0n) is 10.3. The maximum atomic E-state index is 13.8. The van der Waals surface area contributed by atoms with Gasteiger partial charge in [0.05, 0.1) is 5.25 Å². The minimum Gasteiger partial charge on any atom is -0.389 e. The number of carbonyl (C=O) groups excluding carboxylic acids is 1. The van der Waals surface area contributed by atoms with E-state index in [0.717, 1.165) is 18.6 Å². The summed E-state index contributed by atoms with van der Waals surface area (Å²) < 4.78 is 13.8. The average molecular weight is 298 g/mol. The molecule has 1 aromatic carbocycles. The lowest BCUT2D eigenvalue weighted by atomic mass is 10.1. The molecule has 1 atom stereocenters. The van der Waals surface area contributed by atoms with E-state index in [0.29, 0.717) is 11.1 Å². The smallest absolute Gasteiger partial charge is 0.233 e. The maximum absolute atomic E-state index is 13.8. The fourth-order valence-corrected chi connectivity index (χ4v) is 3.24. The molecule has 0 saturated carbocycles. The topological polar surface area (TPSA) is 55.1 Å². The number of hydrogen-bond donors (Lipinski definition) is 2.